The highest BCUT2D eigenvalue weighted by molar-refractivity contribution is 5.94. The smallest absolute Gasteiger partial charge is 0.416 e. The second-order valence-electron chi connectivity index (χ2n) is 4.72. The van der Waals surface area contributed by atoms with Crippen molar-refractivity contribution in [3.8, 4) is 17.6 Å². The molecule has 124 valence electrons. The topological polar surface area (TPSA) is 38.3 Å². The van der Waals surface area contributed by atoms with E-state index >= 15 is 0 Å². The molecule has 0 aromatic heterocycles. The first-order chi connectivity index (χ1) is 11.5. The van der Waals surface area contributed by atoms with E-state index in [0.29, 0.717) is 5.56 Å². The van der Waals surface area contributed by atoms with Crippen LogP contribution in [0.3, 0.4) is 0 Å². The molecular formula is C18H14F3NO2. The SMILES string of the molecule is O=C(NCC#CCOc1cccc(C(F)(F)F)c1)c1ccccc1. The number of carbonyl (C=O) groups is 1. The van der Waals surface area contributed by atoms with E-state index in [1.807, 2.05) is 6.07 Å². The molecule has 6 heteroatoms. The van der Waals surface area contributed by atoms with Crippen molar-refractivity contribution in [1.29, 1.82) is 0 Å². The molecule has 0 bridgehead atoms. The van der Waals surface area contributed by atoms with Gasteiger partial charge in [-0.05, 0) is 30.3 Å². The van der Waals surface area contributed by atoms with Crippen LogP contribution in [0, 0.1) is 11.8 Å². The third kappa shape index (κ3) is 5.36. The minimum Gasteiger partial charge on any atom is -0.481 e. The Labute approximate surface area is 137 Å². The van der Waals surface area contributed by atoms with Crippen LogP contribution in [0.15, 0.2) is 54.6 Å². The van der Waals surface area contributed by atoms with Gasteiger partial charge in [0.1, 0.15) is 12.4 Å². The maximum Gasteiger partial charge on any atom is 0.416 e. The third-order valence-electron chi connectivity index (χ3n) is 2.97. The third-order valence-corrected chi connectivity index (χ3v) is 2.97. The maximum absolute atomic E-state index is 12.5. The van der Waals surface area contributed by atoms with Gasteiger partial charge >= 0.3 is 6.18 Å². The van der Waals surface area contributed by atoms with E-state index in [2.05, 4.69) is 17.2 Å². The average molecular weight is 333 g/mol. The molecule has 2 aromatic carbocycles. The molecule has 0 fully saturated rings. The number of ether oxygens (including phenoxy) is 1. The summed E-state index contributed by atoms with van der Waals surface area (Å²) in [6, 6.07) is 13.3. The first-order valence-electron chi connectivity index (χ1n) is 7.06. The Bertz CT molecular complexity index is 746. The number of carbonyl (C=O) groups excluding carboxylic acids is 1. The van der Waals surface area contributed by atoms with Crippen molar-refractivity contribution in [3.05, 3.63) is 65.7 Å². The Morgan fingerprint density at radius 3 is 2.50 bits per heavy atom. The van der Waals surface area contributed by atoms with Crippen molar-refractivity contribution in [2.45, 2.75) is 6.18 Å². The summed E-state index contributed by atoms with van der Waals surface area (Å²) in [6.45, 7) is 0.0577. The maximum atomic E-state index is 12.5. The zero-order chi connectivity index (χ0) is 17.4. The van der Waals surface area contributed by atoms with Crippen LogP contribution in [0.1, 0.15) is 15.9 Å². The molecule has 0 saturated heterocycles. The van der Waals surface area contributed by atoms with Gasteiger partial charge in [-0.2, -0.15) is 13.2 Å². The molecule has 0 saturated carbocycles. The number of amides is 1. The van der Waals surface area contributed by atoms with Crippen LogP contribution in [-0.2, 0) is 6.18 Å². The van der Waals surface area contributed by atoms with E-state index < -0.39 is 11.7 Å². The van der Waals surface area contributed by atoms with E-state index in [1.54, 1.807) is 24.3 Å². The lowest BCUT2D eigenvalue weighted by molar-refractivity contribution is -0.137. The molecule has 0 radical (unpaired) electrons. The molecule has 1 amide bonds. The molecule has 0 heterocycles. The van der Waals surface area contributed by atoms with Crippen molar-refractivity contribution in [3.63, 3.8) is 0 Å². The highest BCUT2D eigenvalue weighted by atomic mass is 19.4. The van der Waals surface area contributed by atoms with Crippen molar-refractivity contribution >= 4 is 5.91 Å². The molecule has 0 unspecified atom stereocenters. The zero-order valence-electron chi connectivity index (χ0n) is 12.6. The quantitative estimate of drug-likeness (QED) is 0.870. The number of halogens is 3. The standard InChI is InChI=1S/C18H14F3NO2/c19-18(20,21)15-9-6-10-16(13-15)24-12-5-4-11-22-17(23)14-7-2-1-3-8-14/h1-3,6-10,13H,11-12H2,(H,22,23). The van der Waals surface area contributed by atoms with Crippen LogP contribution in [0.2, 0.25) is 0 Å². The van der Waals surface area contributed by atoms with Crippen LogP contribution < -0.4 is 10.1 Å². The minimum atomic E-state index is -4.41. The largest absolute Gasteiger partial charge is 0.481 e. The van der Waals surface area contributed by atoms with Crippen molar-refractivity contribution in [2.24, 2.45) is 0 Å². The summed E-state index contributed by atoms with van der Waals surface area (Å²) in [7, 11) is 0. The van der Waals surface area contributed by atoms with E-state index in [-0.39, 0.29) is 24.8 Å². The Hall–Kier alpha value is -2.94. The first kappa shape index (κ1) is 17.4. The number of hydrogen-bond acceptors (Lipinski definition) is 2. The average Bonchev–Trinajstić information content (AvgIpc) is 2.58. The Kier molecular flexibility index (Phi) is 5.85. The highest BCUT2D eigenvalue weighted by Gasteiger charge is 2.30. The van der Waals surface area contributed by atoms with Gasteiger partial charge in [-0.15, -0.1) is 0 Å². The number of rotatable bonds is 4. The molecule has 24 heavy (non-hydrogen) atoms. The molecule has 2 rings (SSSR count). The van der Waals surface area contributed by atoms with Gasteiger partial charge in [0.25, 0.3) is 5.91 Å². The first-order valence-corrected chi connectivity index (χ1v) is 7.06. The highest BCUT2D eigenvalue weighted by Crippen LogP contribution is 2.31. The Balaban J connectivity index is 1.77. The van der Waals surface area contributed by atoms with Gasteiger partial charge < -0.3 is 10.1 Å². The van der Waals surface area contributed by atoms with E-state index in [9.17, 15) is 18.0 Å². The van der Waals surface area contributed by atoms with Crippen molar-refractivity contribution in [1.82, 2.24) is 5.32 Å². The summed E-state index contributed by atoms with van der Waals surface area (Å²) in [4.78, 5) is 11.7. The van der Waals surface area contributed by atoms with Gasteiger partial charge in [0, 0.05) is 5.56 Å². The van der Waals surface area contributed by atoms with Crippen molar-refractivity contribution < 1.29 is 22.7 Å². The summed E-state index contributed by atoms with van der Waals surface area (Å²) in [5.41, 5.74) is -0.248. The molecule has 3 nitrogen and oxygen atoms in total. The zero-order valence-corrected chi connectivity index (χ0v) is 12.6. The van der Waals surface area contributed by atoms with Crippen LogP contribution in [0.25, 0.3) is 0 Å². The van der Waals surface area contributed by atoms with Gasteiger partial charge in [0.05, 0.1) is 12.1 Å². The summed E-state index contributed by atoms with van der Waals surface area (Å²) in [5, 5.41) is 2.61. The van der Waals surface area contributed by atoms with Gasteiger partial charge in [-0.25, -0.2) is 0 Å². The predicted octanol–water partition coefficient (Wildman–Crippen LogP) is 3.52. The monoisotopic (exact) mass is 333 g/mol. The molecular weight excluding hydrogens is 319 g/mol. The fourth-order valence-electron chi connectivity index (χ4n) is 1.81. The van der Waals surface area contributed by atoms with Crippen LogP contribution in [0.5, 0.6) is 5.75 Å². The number of alkyl halides is 3. The van der Waals surface area contributed by atoms with Gasteiger partial charge in [-0.1, -0.05) is 36.1 Å². The van der Waals surface area contributed by atoms with Crippen molar-refractivity contribution in [2.75, 3.05) is 13.2 Å². The minimum absolute atomic E-state index is 0.0669. The second kappa shape index (κ2) is 8.06. The Morgan fingerprint density at radius 2 is 1.79 bits per heavy atom. The van der Waals surface area contributed by atoms with Crippen LogP contribution in [-0.4, -0.2) is 19.1 Å². The fraction of sp³-hybridized carbons (Fsp3) is 0.167. The van der Waals surface area contributed by atoms with Gasteiger partial charge in [0.2, 0.25) is 0 Å². The number of hydrogen-bond donors (Lipinski definition) is 1. The lowest BCUT2D eigenvalue weighted by Crippen LogP contribution is -2.23. The number of benzene rings is 2. The molecule has 0 atom stereocenters. The summed E-state index contributed by atoms with van der Waals surface area (Å²) >= 11 is 0. The lowest BCUT2D eigenvalue weighted by Gasteiger charge is -2.08. The number of nitrogens with one attached hydrogen (secondary N) is 1. The summed E-state index contributed by atoms with van der Waals surface area (Å²) in [6.07, 6.45) is -4.41. The van der Waals surface area contributed by atoms with Crippen LogP contribution in [0.4, 0.5) is 13.2 Å². The lowest BCUT2D eigenvalue weighted by atomic mass is 10.2. The molecule has 0 aliphatic heterocycles. The van der Waals surface area contributed by atoms with Gasteiger partial charge in [0.15, 0.2) is 0 Å². The second-order valence-corrected chi connectivity index (χ2v) is 4.72. The van der Waals surface area contributed by atoms with E-state index in [0.717, 1.165) is 12.1 Å². The summed E-state index contributed by atoms with van der Waals surface area (Å²) in [5.74, 6) is 5.15. The van der Waals surface area contributed by atoms with Gasteiger partial charge in [-0.3, -0.25) is 4.79 Å². The normalized spacial score (nSPS) is 10.5. The van der Waals surface area contributed by atoms with E-state index in [4.69, 9.17) is 4.74 Å². The summed E-state index contributed by atoms with van der Waals surface area (Å²) < 4.78 is 42.8. The predicted molar refractivity (Wildman–Crippen MR) is 83.5 cm³/mol. The molecule has 0 aliphatic carbocycles. The van der Waals surface area contributed by atoms with Crippen LogP contribution >= 0.6 is 0 Å². The Morgan fingerprint density at radius 1 is 1.04 bits per heavy atom. The molecule has 2 aromatic rings. The molecule has 0 spiro atoms. The molecule has 0 aliphatic rings. The molecule has 1 N–H and O–H groups in total. The van der Waals surface area contributed by atoms with E-state index in [1.165, 1.54) is 12.1 Å². The fourth-order valence-corrected chi connectivity index (χ4v) is 1.81.